The van der Waals surface area contributed by atoms with Gasteiger partial charge in [-0.05, 0) is 44.1 Å². The fourth-order valence-corrected chi connectivity index (χ4v) is 3.34. The second-order valence-corrected chi connectivity index (χ2v) is 7.55. The Balaban J connectivity index is 1.97. The van der Waals surface area contributed by atoms with E-state index in [-0.39, 0.29) is 24.6 Å². The quantitative estimate of drug-likeness (QED) is 0.238. The highest BCUT2D eigenvalue weighted by Crippen LogP contribution is 2.18. The zero-order valence-corrected chi connectivity index (χ0v) is 17.0. The van der Waals surface area contributed by atoms with Gasteiger partial charge in [-0.3, -0.25) is 4.79 Å². The topological polar surface area (TPSA) is 72.8 Å². The largest absolute Gasteiger partial charge is 0.463 e. The van der Waals surface area contributed by atoms with Gasteiger partial charge in [-0.15, -0.1) is 0 Å². The summed E-state index contributed by atoms with van der Waals surface area (Å²) < 4.78 is 10.2. The molecule has 1 aliphatic heterocycles. The molecule has 0 bridgehead atoms. The number of hydrogen-bond donors (Lipinski definition) is 1. The Morgan fingerprint density at radius 1 is 1.15 bits per heavy atom. The van der Waals surface area contributed by atoms with Crippen LogP contribution in [0.3, 0.4) is 0 Å². The highest BCUT2D eigenvalue weighted by atomic mass is 16.5. The normalized spacial score (nSPS) is 18.0. The summed E-state index contributed by atoms with van der Waals surface area (Å²) in [6, 6.07) is 0. The first-order chi connectivity index (χ1) is 13.2. The zero-order valence-electron chi connectivity index (χ0n) is 17.0. The number of aliphatic hydroxyl groups excluding tert-OH is 1. The molecule has 0 aliphatic carbocycles. The van der Waals surface area contributed by atoms with Gasteiger partial charge in [0, 0.05) is 19.1 Å². The van der Waals surface area contributed by atoms with Crippen LogP contribution in [0.4, 0.5) is 0 Å². The van der Waals surface area contributed by atoms with Crippen LogP contribution in [0.5, 0.6) is 0 Å². The highest BCUT2D eigenvalue weighted by Gasteiger charge is 2.20. The molecule has 27 heavy (non-hydrogen) atoms. The number of aliphatic hydroxyl groups is 1. The van der Waals surface area contributed by atoms with Crippen LogP contribution < -0.4 is 0 Å². The molecule has 5 heteroatoms. The number of esters is 2. The summed E-state index contributed by atoms with van der Waals surface area (Å²) in [5.41, 5.74) is 0. The lowest BCUT2D eigenvalue weighted by Crippen LogP contribution is -2.08. The standard InChI is InChI=1S/C22H38O5/c1-2-3-4-5-6-7-8-11-19(18-23)12-9-10-17-26-21(24)15-13-20-14-16-22(25)27-20/h13,15,19-20,23H,2-12,14,16-18H2,1H3/t19-,20?/m1/s1. The third-order valence-corrected chi connectivity index (χ3v) is 5.09. The van der Waals surface area contributed by atoms with Gasteiger partial charge in [-0.25, -0.2) is 4.79 Å². The summed E-state index contributed by atoms with van der Waals surface area (Å²) in [5, 5.41) is 9.51. The Morgan fingerprint density at radius 3 is 2.44 bits per heavy atom. The molecule has 0 saturated carbocycles. The highest BCUT2D eigenvalue weighted by molar-refractivity contribution is 5.82. The number of rotatable bonds is 16. The first-order valence-electron chi connectivity index (χ1n) is 10.8. The van der Waals surface area contributed by atoms with E-state index in [1.165, 1.54) is 51.0 Å². The van der Waals surface area contributed by atoms with Gasteiger partial charge in [-0.2, -0.15) is 0 Å². The van der Waals surface area contributed by atoms with E-state index in [1.54, 1.807) is 6.08 Å². The minimum absolute atomic E-state index is 0.215. The van der Waals surface area contributed by atoms with E-state index >= 15 is 0 Å². The smallest absolute Gasteiger partial charge is 0.330 e. The molecule has 1 unspecified atom stereocenters. The van der Waals surface area contributed by atoms with Crippen molar-refractivity contribution in [2.24, 2.45) is 5.92 Å². The Morgan fingerprint density at radius 2 is 1.81 bits per heavy atom. The van der Waals surface area contributed by atoms with Crippen molar-refractivity contribution < 1.29 is 24.2 Å². The fraction of sp³-hybridized carbons (Fsp3) is 0.818. The summed E-state index contributed by atoms with van der Waals surface area (Å²) in [4.78, 5) is 22.6. The van der Waals surface area contributed by atoms with E-state index in [4.69, 9.17) is 9.47 Å². The van der Waals surface area contributed by atoms with E-state index in [0.29, 0.717) is 25.4 Å². The van der Waals surface area contributed by atoms with E-state index in [0.717, 1.165) is 25.7 Å². The van der Waals surface area contributed by atoms with Crippen molar-refractivity contribution in [3.63, 3.8) is 0 Å². The lowest BCUT2D eigenvalue weighted by Gasteiger charge is -2.13. The van der Waals surface area contributed by atoms with Gasteiger partial charge in [0.05, 0.1) is 6.61 Å². The molecule has 0 aromatic rings. The maximum atomic E-state index is 11.6. The average molecular weight is 383 g/mol. The molecule has 1 N–H and O–H groups in total. The Kier molecular flexibility index (Phi) is 13.7. The lowest BCUT2D eigenvalue weighted by molar-refractivity contribution is -0.141. The van der Waals surface area contributed by atoms with Crippen LogP contribution in [-0.2, 0) is 19.1 Å². The molecule has 156 valence electrons. The Hall–Kier alpha value is -1.36. The van der Waals surface area contributed by atoms with Crippen molar-refractivity contribution in [3.05, 3.63) is 12.2 Å². The van der Waals surface area contributed by atoms with Gasteiger partial charge < -0.3 is 14.6 Å². The summed E-state index contributed by atoms with van der Waals surface area (Å²) in [6.45, 7) is 2.87. The lowest BCUT2D eigenvalue weighted by atomic mass is 9.95. The van der Waals surface area contributed by atoms with Crippen molar-refractivity contribution in [1.29, 1.82) is 0 Å². The number of hydrogen-bond acceptors (Lipinski definition) is 5. The monoisotopic (exact) mass is 382 g/mol. The van der Waals surface area contributed by atoms with Crippen LogP contribution in [-0.4, -0.2) is 36.4 Å². The molecule has 0 aromatic heterocycles. The molecule has 0 radical (unpaired) electrons. The fourth-order valence-electron chi connectivity index (χ4n) is 3.34. The molecule has 5 nitrogen and oxygen atoms in total. The van der Waals surface area contributed by atoms with Crippen LogP contribution in [0.1, 0.15) is 90.4 Å². The third kappa shape index (κ3) is 12.6. The third-order valence-electron chi connectivity index (χ3n) is 5.09. The van der Waals surface area contributed by atoms with Crippen molar-refractivity contribution >= 4 is 11.9 Å². The zero-order chi connectivity index (χ0) is 19.7. The molecule has 1 saturated heterocycles. The Bertz CT molecular complexity index is 432. The number of unbranched alkanes of at least 4 members (excludes halogenated alkanes) is 7. The van der Waals surface area contributed by atoms with Crippen molar-refractivity contribution in [3.8, 4) is 0 Å². The molecule has 1 aliphatic rings. The van der Waals surface area contributed by atoms with Crippen molar-refractivity contribution in [2.75, 3.05) is 13.2 Å². The maximum absolute atomic E-state index is 11.6. The first kappa shape index (κ1) is 23.7. The van der Waals surface area contributed by atoms with Gasteiger partial charge in [0.2, 0.25) is 0 Å². The molecule has 1 heterocycles. The van der Waals surface area contributed by atoms with Crippen LogP contribution >= 0.6 is 0 Å². The number of carbonyl (C=O) groups excluding carboxylic acids is 2. The SMILES string of the molecule is CCCCCCCCC[C@@H](CO)CCCCOC(=O)C=CC1CCC(=O)O1. The number of ether oxygens (including phenoxy) is 2. The van der Waals surface area contributed by atoms with Crippen LogP contribution in [0.25, 0.3) is 0 Å². The van der Waals surface area contributed by atoms with Crippen molar-refractivity contribution in [2.45, 2.75) is 96.5 Å². The first-order valence-corrected chi connectivity index (χ1v) is 10.8. The molecular weight excluding hydrogens is 344 g/mol. The van der Waals surface area contributed by atoms with Gasteiger partial charge in [0.15, 0.2) is 0 Å². The second-order valence-electron chi connectivity index (χ2n) is 7.55. The minimum atomic E-state index is -0.389. The molecular formula is C22H38O5. The van der Waals surface area contributed by atoms with Gasteiger partial charge in [0.1, 0.15) is 6.10 Å². The minimum Gasteiger partial charge on any atom is -0.463 e. The van der Waals surface area contributed by atoms with E-state index in [2.05, 4.69) is 6.92 Å². The summed E-state index contributed by atoms with van der Waals surface area (Å²) >= 11 is 0. The van der Waals surface area contributed by atoms with E-state index < -0.39 is 0 Å². The summed E-state index contributed by atoms with van der Waals surface area (Å²) in [7, 11) is 0. The second kappa shape index (κ2) is 15.7. The molecule has 1 rings (SSSR count). The molecule has 1 fully saturated rings. The van der Waals surface area contributed by atoms with Gasteiger partial charge >= 0.3 is 11.9 Å². The molecule has 0 aromatic carbocycles. The van der Waals surface area contributed by atoms with Crippen molar-refractivity contribution in [1.82, 2.24) is 0 Å². The predicted molar refractivity (Wildman–Crippen MR) is 106 cm³/mol. The number of carbonyl (C=O) groups is 2. The van der Waals surface area contributed by atoms with Crippen LogP contribution in [0, 0.1) is 5.92 Å². The maximum Gasteiger partial charge on any atom is 0.330 e. The van der Waals surface area contributed by atoms with Crippen LogP contribution in [0.2, 0.25) is 0 Å². The Labute approximate surface area is 164 Å². The molecule has 2 atom stereocenters. The summed E-state index contributed by atoms with van der Waals surface area (Å²) in [5.74, 6) is -0.235. The van der Waals surface area contributed by atoms with E-state index in [1.807, 2.05) is 0 Å². The molecule has 0 spiro atoms. The van der Waals surface area contributed by atoms with Gasteiger partial charge in [0.25, 0.3) is 0 Å². The predicted octanol–water partition coefficient (Wildman–Crippen LogP) is 4.71. The average Bonchev–Trinajstić information content (AvgIpc) is 3.09. The van der Waals surface area contributed by atoms with E-state index in [9.17, 15) is 14.7 Å². The number of cyclic esters (lactones) is 1. The summed E-state index contributed by atoms with van der Waals surface area (Å²) in [6.07, 6.45) is 16.6. The van der Waals surface area contributed by atoms with Gasteiger partial charge in [-0.1, -0.05) is 51.9 Å². The van der Waals surface area contributed by atoms with Crippen LogP contribution in [0.15, 0.2) is 12.2 Å². The molecule has 0 amide bonds.